The van der Waals surface area contributed by atoms with E-state index in [1.165, 1.54) is 0 Å². The zero-order valence-electron chi connectivity index (χ0n) is 11.2. The number of aliphatic hydroxyl groups is 1. The highest BCUT2D eigenvalue weighted by Crippen LogP contribution is 2.15. The third-order valence-corrected chi connectivity index (χ3v) is 3.09. The first-order chi connectivity index (χ1) is 9.72. The van der Waals surface area contributed by atoms with E-state index in [0.29, 0.717) is 13.0 Å². The van der Waals surface area contributed by atoms with Crippen molar-refractivity contribution in [2.24, 2.45) is 0 Å². The number of carbonyl (C=O) groups is 2. The largest absolute Gasteiger partial charge is 0.396 e. The fourth-order valence-electron chi connectivity index (χ4n) is 2.04. The Bertz CT molecular complexity index is 604. The van der Waals surface area contributed by atoms with Gasteiger partial charge < -0.3 is 10.4 Å². The van der Waals surface area contributed by atoms with Crippen LogP contribution in [0.5, 0.6) is 0 Å². The highest BCUT2D eigenvalue weighted by molar-refractivity contribution is 5.93. The summed E-state index contributed by atoms with van der Waals surface area (Å²) >= 11 is 0. The predicted molar refractivity (Wildman–Crippen MR) is 76.5 cm³/mol. The SMILES string of the molecule is O=C(CCC(=O)n1ccc2ccccc21)NCCCO. The van der Waals surface area contributed by atoms with E-state index in [-0.39, 0.29) is 31.3 Å². The van der Waals surface area contributed by atoms with Crippen LogP contribution in [0.25, 0.3) is 10.9 Å². The Hall–Kier alpha value is -2.14. The van der Waals surface area contributed by atoms with E-state index in [1.807, 2.05) is 30.3 Å². The van der Waals surface area contributed by atoms with Crippen molar-refractivity contribution < 1.29 is 14.7 Å². The molecule has 2 N–H and O–H groups in total. The van der Waals surface area contributed by atoms with Gasteiger partial charge in [0.2, 0.25) is 11.8 Å². The normalized spacial score (nSPS) is 10.7. The van der Waals surface area contributed by atoms with E-state index in [2.05, 4.69) is 5.32 Å². The number of nitrogens with one attached hydrogen (secondary N) is 1. The van der Waals surface area contributed by atoms with Gasteiger partial charge in [0.15, 0.2) is 0 Å². The van der Waals surface area contributed by atoms with Crippen molar-refractivity contribution in [1.82, 2.24) is 9.88 Å². The van der Waals surface area contributed by atoms with Gasteiger partial charge in [0.25, 0.3) is 0 Å². The molecule has 0 radical (unpaired) electrons. The van der Waals surface area contributed by atoms with Crippen molar-refractivity contribution in [3.05, 3.63) is 36.5 Å². The lowest BCUT2D eigenvalue weighted by molar-refractivity contribution is -0.121. The summed E-state index contributed by atoms with van der Waals surface area (Å²) in [5.74, 6) is -0.258. The second kappa shape index (κ2) is 6.86. The van der Waals surface area contributed by atoms with Gasteiger partial charge in [-0.3, -0.25) is 14.2 Å². The van der Waals surface area contributed by atoms with E-state index in [0.717, 1.165) is 10.9 Å². The third kappa shape index (κ3) is 3.45. The standard InChI is InChI=1S/C15H18N2O3/c18-11-3-9-16-14(19)6-7-15(20)17-10-8-12-4-1-2-5-13(12)17/h1-2,4-5,8,10,18H,3,6-7,9,11H2,(H,16,19). The van der Waals surface area contributed by atoms with Crippen LogP contribution in [0.3, 0.4) is 0 Å². The summed E-state index contributed by atoms with van der Waals surface area (Å²) in [6.45, 7) is 0.491. The summed E-state index contributed by atoms with van der Waals surface area (Å²) in [5, 5.41) is 12.3. The zero-order chi connectivity index (χ0) is 14.4. The molecule has 0 aliphatic rings. The van der Waals surface area contributed by atoms with Crippen molar-refractivity contribution in [2.45, 2.75) is 19.3 Å². The van der Waals surface area contributed by atoms with Gasteiger partial charge in [-0.1, -0.05) is 18.2 Å². The van der Waals surface area contributed by atoms with Gasteiger partial charge in [0.05, 0.1) is 5.52 Å². The lowest BCUT2D eigenvalue weighted by atomic mass is 10.2. The van der Waals surface area contributed by atoms with E-state index in [1.54, 1.807) is 10.8 Å². The molecule has 0 unspecified atom stereocenters. The quantitative estimate of drug-likeness (QED) is 0.785. The van der Waals surface area contributed by atoms with E-state index < -0.39 is 0 Å². The lowest BCUT2D eigenvalue weighted by Gasteiger charge is -2.05. The van der Waals surface area contributed by atoms with Gasteiger partial charge in [-0.05, 0) is 18.6 Å². The predicted octanol–water partition coefficient (Wildman–Crippen LogP) is 1.56. The van der Waals surface area contributed by atoms with Gasteiger partial charge in [-0.25, -0.2) is 0 Å². The number of amides is 1. The molecular formula is C15H18N2O3. The van der Waals surface area contributed by atoms with E-state index >= 15 is 0 Å². The molecule has 1 aromatic carbocycles. The van der Waals surface area contributed by atoms with Crippen LogP contribution in [-0.4, -0.2) is 34.6 Å². The minimum absolute atomic E-state index is 0.0502. The monoisotopic (exact) mass is 274 g/mol. The molecule has 0 aliphatic carbocycles. The first-order valence-corrected chi connectivity index (χ1v) is 6.69. The molecule has 20 heavy (non-hydrogen) atoms. The summed E-state index contributed by atoms with van der Waals surface area (Å²) in [6, 6.07) is 9.52. The number of carbonyl (C=O) groups excluding carboxylic acids is 2. The second-order valence-electron chi connectivity index (χ2n) is 4.57. The maximum absolute atomic E-state index is 12.1. The van der Waals surface area contributed by atoms with Gasteiger partial charge in [0.1, 0.15) is 0 Å². The van der Waals surface area contributed by atoms with Crippen molar-refractivity contribution in [1.29, 1.82) is 0 Å². The van der Waals surface area contributed by atoms with Crippen LogP contribution in [0.1, 0.15) is 24.1 Å². The molecule has 2 aromatic rings. The Morgan fingerprint density at radius 3 is 2.75 bits per heavy atom. The Kier molecular flexibility index (Phi) is 4.90. The molecule has 0 aliphatic heterocycles. The zero-order valence-corrected chi connectivity index (χ0v) is 11.2. The Morgan fingerprint density at radius 1 is 1.15 bits per heavy atom. The fraction of sp³-hybridized carbons (Fsp3) is 0.333. The molecule has 2 rings (SSSR count). The Labute approximate surface area is 117 Å². The summed E-state index contributed by atoms with van der Waals surface area (Å²) in [6.07, 6.45) is 2.60. The molecule has 0 fully saturated rings. The average molecular weight is 274 g/mol. The first kappa shape index (κ1) is 14.3. The van der Waals surface area contributed by atoms with Gasteiger partial charge in [-0.15, -0.1) is 0 Å². The number of hydrogen-bond donors (Lipinski definition) is 2. The number of hydrogen-bond acceptors (Lipinski definition) is 3. The highest BCUT2D eigenvalue weighted by atomic mass is 16.3. The molecule has 0 spiro atoms. The molecule has 0 atom stereocenters. The first-order valence-electron chi connectivity index (χ1n) is 6.69. The molecule has 1 aromatic heterocycles. The molecule has 5 heteroatoms. The summed E-state index contributed by atoms with van der Waals surface area (Å²) in [5.41, 5.74) is 0.859. The number of rotatable bonds is 6. The Balaban J connectivity index is 1.90. The van der Waals surface area contributed by atoms with Crippen LogP contribution < -0.4 is 5.32 Å². The average Bonchev–Trinajstić information content (AvgIpc) is 2.89. The van der Waals surface area contributed by atoms with Crippen molar-refractivity contribution in [3.63, 3.8) is 0 Å². The van der Waals surface area contributed by atoms with Crippen LogP contribution in [0.15, 0.2) is 36.5 Å². The van der Waals surface area contributed by atoms with Crippen LogP contribution >= 0.6 is 0 Å². The van der Waals surface area contributed by atoms with Crippen LogP contribution in [0.4, 0.5) is 0 Å². The van der Waals surface area contributed by atoms with E-state index in [9.17, 15) is 9.59 Å². The number of aliphatic hydroxyl groups excluding tert-OH is 1. The molecule has 0 bridgehead atoms. The number of aromatic nitrogens is 1. The number of benzene rings is 1. The van der Waals surface area contributed by atoms with Gasteiger partial charge >= 0.3 is 0 Å². The molecule has 1 heterocycles. The Morgan fingerprint density at radius 2 is 1.95 bits per heavy atom. The topological polar surface area (TPSA) is 71.3 Å². The van der Waals surface area contributed by atoms with Gasteiger partial charge in [-0.2, -0.15) is 0 Å². The van der Waals surface area contributed by atoms with Crippen LogP contribution in [-0.2, 0) is 4.79 Å². The maximum atomic E-state index is 12.1. The molecule has 106 valence electrons. The van der Waals surface area contributed by atoms with Crippen molar-refractivity contribution >= 4 is 22.7 Å². The number of para-hydroxylation sites is 1. The summed E-state index contributed by atoms with van der Waals surface area (Å²) in [7, 11) is 0. The molecule has 0 saturated heterocycles. The number of nitrogens with zero attached hydrogens (tertiary/aromatic N) is 1. The summed E-state index contributed by atoms with van der Waals surface area (Å²) in [4.78, 5) is 23.6. The van der Waals surface area contributed by atoms with Crippen LogP contribution in [0.2, 0.25) is 0 Å². The van der Waals surface area contributed by atoms with Gasteiger partial charge in [0, 0.05) is 37.6 Å². The molecule has 5 nitrogen and oxygen atoms in total. The minimum atomic E-state index is -0.164. The molecule has 1 amide bonds. The lowest BCUT2D eigenvalue weighted by Crippen LogP contribution is -2.26. The molecule has 0 saturated carbocycles. The highest BCUT2D eigenvalue weighted by Gasteiger charge is 2.10. The third-order valence-electron chi connectivity index (χ3n) is 3.09. The maximum Gasteiger partial charge on any atom is 0.231 e. The van der Waals surface area contributed by atoms with Crippen molar-refractivity contribution in [2.75, 3.05) is 13.2 Å². The number of fused-ring (bicyclic) bond motifs is 1. The summed E-state index contributed by atoms with van der Waals surface area (Å²) < 4.78 is 1.58. The van der Waals surface area contributed by atoms with Crippen LogP contribution in [0, 0.1) is 0 Å². The van der Waals surface area contributed by atoms with E-state index in [4.69, 9.17) is 5.11 Å². The smallest absolute Gasteiger partial charge is 0.231 e. The van der Waals surface area contributed by atoms with Crippen molar-refractivity contribution in [3.8, 4) is 0 Å². The molecular weight excluding hydrogens is 256 g/mol. The second-order valence-corrected chi connectivity index (χ2v) is 4.57. The fourth-order valence-corrected chi connectivity index (χ4v) is 2.04. The minimum Gasteiger partial charge on any atom is -0.396 e.